The van der Waals surface area contributed by atoms with E-state index in [0.717, 1.165) is 18.4 Å². The van der Waals surface area contributed by atoms with Crippen molar-refractivity contribution in [3.63, 3.8) is 0 Å². The van der Waals surface area contributed by atoms with Gasteiger partial charge in [0.15, 0.2) is 0 Å². The molecule has 7 heteroatoms. The first-order valence-electron chi connectivity index (χ1n) is 7.34. The third-order valence-electron chi connectivity index (χ3n) is 3.01. The lowest BCUT2D eigenvalue weighted by Gasteiger charge is -2.18. The predicted octanol–water partition coefficient (Wildman–Crippen LogP) is 1.29. The van der Waals surface area contributed by atoms with Crippen LogP contribution in [0.3, 0.4) is 0 Å². The molecule has 21 heavy (non-hydrogen) atoms. The summed E-state index contributed by atoms with van der Waals surface area (Å²) in [5.74, 6) is 7.08. The number of nitrogens with one attached hydrogen (secondary N) is 3. The zero-order chi connectivity index (χ0) is 15.8. The predicted molar refractivity (Wildman–Crippen MR) is 84.8 cm³/mol. The molecule has 0 aromatic carbocycles. The second kappa shape index (κ2) is 8.41. The molecule has 1 heterocycles. The quantitative estimate of drug-likeness (QED) is 0.425. The summed E-state index contributed by atoms with van der Waals surface area (Å²) in [6.45, 7) is 8.65. The van der Waals surface area contributed by atoms with Crippen LogP contribution in [0.2, 0.25) is 0 Å². The number of hydrogen-bond donors (Lipinski definition) is 4. The Bertz CT molecular complexity index is 463. The van der Waals surface area contributed by atoms with E-state index in [-0.39, 0.29) is 11.9 Å². The molecule has 0 spiro atoms. The molecule has 1 amide bonds. The number of nitrogens with two attached hydrogens (primary N) is 1. The zero-order valence-corrected chi connectivity index (χ0v) is 13.2. The Morgan fingerprint density at radius 2 is 1.95 bits per heavy atom. The van der Waals surface area contributed by atoms with Gasteiger partial charge < -0.3 is 16.1 Å². The molecule has 0 aliphatic rings. The Morgan fingerprint density at radius 1 is 1.29 bits per heavy atom. The van der Waals surface area contributed by atoms with Gasteiger partial charge >= 0.3 is 0 Å². The summed E-state index contributed by atoms with van der Waals surface area (Å²) < 4.78 is 0. The van der Waals surface area contributed by atoms with Crippen molar-refractivity contribution < 1.29 is 4.79 Å². The Balaban J connectivity index is 2.79. The molecule has 0 aliphatic heterocycles. The minimum atomic E-state index is -0.375. The van der Waals surface area contributed by atoms with Gasteiger partial charge in [0.1, 0.15) is 24.0 Å². The average molecular weight is 294 g/mol. The van der Waals surface area contributed by atoms with Crippen molar-refractivity contribution in [3.8, 4) is 0 Å². The molecule has 0 bridgehead atoms. The van der Waals surface area contributed by atoms with Gasteiger partial charge in [0.25, 0.3) is 0 Å². The lowest BCUT2D eigenvalue weighted by atomic mass is 10.1. The number of carbonyl (C=O) groups is 1. The molecule has 7 nitrogen and oxygen atoms in total. The molecule has 5 N–H and O–H groups in total. The minimum absolute atomic E-state index is 0.0491. The molecule has 0 aliphatic carbocycles. The molecule has 1 rings (SSSR count). The number of nitrogens with zero attached hydrogens (tertiary/aromatic N) is 2. The van der Waals surface area contributed by atoms with Gasteiger partial charge in [-0.3, -0.25) is 4.79 Å². The van der Waals surface area contributed by atoms with E-state index in [2.05, 4.69) is 46.8 Å². The number of aromatic nitrogens is 2. The fraction of sp³-hybridized carbons (Fsp3) is 0.643. The lowest BCUT2D eigenvalue weighted by molar-refractivity contribution is -0.121. The van der Waals surface area contributed by atoms with Crippen LogP contribution in [-0.4, -0.2) is 28.5 Å². The maximum Gasteiger partial charge on any atom is 0.242 e. The number of hydrazine groups is 1. The Kier molecular flexibility index (Phi) is 6.87. The second-order valence-electron chi connectivity index (χ2n) is 5.45. The van der Waals surface area contributed by atoms with Crippen molar-refractivity contribution in [2.75, 3.05) is 17.3 Å². The van der Waals surface area contributed by atoms with Crippen molar-refractivity contribution in [2.45, 2.75) is 46.6 Å². The number of anilines is 2. The first kappa shape index (κ1) is 17.2. The SMILES string of the molecule is CCCc1c(NN)ncnc1NC(C)C(=O)NCC(C)C. The van der Waals surface area contributed by atoms with E-state index in [1.807, 2.05) is 6.92 Å². The standard InChI is InChI=1S/C14H26N6O/c1-5-6-11-12(17-8-18-13(11)20-15)19-10(4)14(21)16-7-9(2)3/h8-10H,5-7,15H2,1-4H3,(H,16,21)(H2,17,18,19,20). The van der Waals surface area contributed by atoms with E-state index >= 15 is 0 Å². The van der Waals surface area contributed by atoms with E-state index in [1.165, 1.54) is 6.33 Å². The van der Waals surface area contributed by atoms with Gasteiger partial charge in [0.05, 0.1) is 0 Å². The van der Waals surface area contributed by atoms with Gasteiger partial charge in [-0.1, -0.05) is 27.2 Å². The average Bonchev–Trinajstić information content (AvgIpc) is 2.46. The summed E-state index contributed by atoms with van der Waals surface area (Å²) in [4.78, 5) is 20.3. The van der Waals surface area contributed by atoms with Gasteiger partial charge in [-0.15, -0.1) is 0 Å². The summed E-state index contributed by atoms with van der Waals surface area (Å²) in [6.07, 6.45) is 3.14. The smallest absolute Gasteiger partial charge is 0.242 e. The fourth-order valence-corrected chi connectivity index (χ4v) is 1.88. The molecule has 0 fully saturated rings. The van der Waals surface area contributed by atoms with Gasteiger partial charge in [-0.05, 0) is 19.3 Å². The van der Waals surface area contributed by atoms with Crippen molar-refractivity contribution in [2.24, 2.45) is 11.8 Å². The molecule has 1 atom stereocenters. The topological polar surface area (TPSA) is 105 Å². The molecular formula is C14H26N6O. The summed E-state index contributed by atoms with van der Waals surface area (Å²) in [7, 11) is 0. The highest BCUT2D eigenvalue weighted by Crippen LogP contribution is 2.21. The van der Waals surface area contributed by atoms with Crippen LogP contribution in [0.4, 0.5) is 11.6 Å². The molecule has 1 aromatic heterocycles. The normalized spacial score (nSPS) is 12.1. The summed E-state index contributed by atoms with van der Waals surface area (Å²) in [5.41, 5.74) is 3.47. The fourth-order valence-electron chi connectivity index (χ4n) is 1.88. The summed E-state index contributed by atoms with van der Waals surface area (Å²) >= 11 is 0. The van der Waals surface area contributed by atoms with Crippen molar-refractivity contribution >= 4 is 17.5 Å². The molecule has 0 saturated carbocycles. The van der Waals surface area contributed by atoms with E-state index in [1.54, 1.807) is 0 Å². The van der Waals surface area contributed by atoms with Gasteiger partial charge in [-0.2, -0.15) is 0 Å². The Labute approximate surface area is 126 Å². The highest BCUT2D eigenvalue weighted by Gasteiger charge is 2.17. The molecular weight excluding hydrogens is 268 g/mol. The largest absolute Gasteiger partial charge is 0.358 e. The number of amides is 1. The highest BCUT2D eigenvalue weighted by atomic mass is 16.2. The maximum atomic E-state index is 12.0. The summed E-state index contributed by atoms with van der Waals surface area (Å²) in [5, 5.41) is 6.03. The lowest BCUT2D eigenvalue weighted by Crippen LogP contribution is -2.39. The van der Waals surface area contributed by atoms with E-state index < -0.39 is 0 Å². The molecule has 0 radical (unpaired) electrons. The number of carbonyl (C=O) groups excluding carboxylic acids is 1. The molecule has 1 aromatic rings. The monoisotopic (exact) mass is 294 g/mol. The van der Waals surface area contributed by atoms with Crippen LogP contribution in [0.25, 0.3) is 0 Å². The zero-order valence-electron chi connectivity index (χ0n) is 13.2. The Morgan fingerprint density at radius 3 is 2.52 bits per heavy atom. The van der Waals surface area contributed by atoms with Crippen LogP contribution in [0.1, 0.15) is 39.7 Å². The van der Waals surface area contributed by atoms with Crippen LogP contribution in [0.5, 0.6) is 0 Å². The minimum Gasteiger partial charge on any atom is -0.358 e. The van der Waals surface area contributed by atoms with Gasteiger partial charge in [-0.25, -0.2) is 15.8 Å². The number of nitrogen functional groups attached to an aromatic ring is 1. The van der Waals surface area contributed by atoms with Crippen LogP contribution < -0.4 is 21.9 Å². The van der Waals surface area contributed by atoms with Crippen molar-refractivity contribution in [1.82, 2.24) is 15.3 Å². The maximum absolute atomic E-state index is 12.0. The first-order chi connectivity index (χ1) is 9.99. The number of rotatable bonds is 8. The van der Waals surface area contributed by atoms with Crippen LogP contribution in [0.15, 0.2) is 6.33 Å². The van der Waals surface area contributed by atoms with E-state index in [0.29, 0.717) is 24.1 Å². The van der Waals surface area contributed by atoms with Crippen LogP contribution >= 0.6 is 0 Å². The third kappa shape index (κ3) is 5.18. The Hall–Kier alpha value is -1.89. The van der Waals surface area contributed by atoms with E-state index in [4.69, 9.17) is 5.84 Å². The molecule has 1 unspecified atom stereocenters. The van der Waals surface area contributed by atoms with Crippen LogP contribution in [0, 0.1) is 5.92 Å². The van der Waals surface area contributed by atoms with Gasteiger partial charge in [0, 0.05) is 12.1 Å². The van der Waals surface area contributed by atoms with Crippen LogP contribution in [-0.2, 0) is 11.2 Å². The molecule has 118 valence electrons. The molecule has 0 saturated heterocycles. The second-order valence-corrected chi connectivity index (χ2v) is 5.45. The first-order valence-corrected chi connectivity index (χ1v) is 7.34. The van der Waals surface area contributed by atoms with E-state index in [9.17, 15) is 4.79 Å². The van der Waals surface area contributed by atoms with Gasteiger partial charge in [0.2, 0.25) is 5.91 Å². The third-order valence-corrected chi connectivity index (χ3v) is 3.01. The highest BCUT2D eigenvalue weighted by molar-refractivity contribution is 5.84. The number of hydrogen-bond acceptors (Lipinski definition) is 6. The van der Waals surface area contributed by atoms with Crippen molar-refractivity contribution in [3.05, 3.63) is 11.9 Å². The van der Waals surface area contributed by atoms with Crippen molar-refractivity contribution in [1.29, 1.82) is 0 Å². The summed E-state index contributed by atoms with van der Waals surface area (Å²) in [6, 6.07) is -0.375.